The van der Waals surface area contributed by atoms with Crippen LogP contribution >= 0.6 is 0 Å². The summed E-state index contributed by atoms with van der Waals surface area (Å²) in [4.78, 5) is 4.32. The Bertz CT molecular complexity index is 538. The van der Waals surface area contributed by atoms with E-state index in [2.05, 4.69) is 15.4 Å². The van der Waals surface area contributed by atoms with Gasteiger partial charge in [-0.15, -0.1) is 0 Å². The van der Waals surface area contributed by atoms with Crippen LogP contribution in [0.4, 0.5) is 11.5 Å². The molecule has 6 nitrogen and oxygen atoms in total. The van der Waals surface area contributed by atoms with Crippen molar-refractivity contribution in [1.29, 1.82) is 0 Å². The number of hydrogen-bond acceptors (Lipinski definition) is 5. The molecule has 0 unspecified atom stereocenters. The van der Waals surface area contributed by atoms with Crippen molar-refractivity contribution in [3.05, 3.63) is 30.1 Å². The Morgan fingerprint density at radius 1 is 1.37 bits per heavy atom. The van der Waals surface area contributed by atoms with Gasteiger partial charge < -0.3 is 15.8 Å². The molecule has 2 aromatic heterocycles. The quantitative estimate of drug-likeness (QED) is 0.823. The molecule has 0 amide bonds. The van der Waals surface area contributed by atoms with E-state index in [9.17, 15) is 0 Å². The molecule has 3 N–H and O–H groups in total. The van der Waals surface area contributed by atoms with E-state index in [1.165, 1.54) is 5.69 Å². The lowest BCUT2D eigenvalue weighted by atomic mass is 10.3. The fraction of sp³-hybridized carbons (Fsp3) is 0.385. The standard InChI is InChI=1S/C13H19N5O/c1-3-19-13-11(14)4-5-12(17-13)15-8-6-10-7-9-16-18(10)2/h4-5,7,9H,3,6,8,14H2,1-2H3,(H,15,17). The Labute approximate surface area is 112 Å². The molecule has 0 fully saturated rings. The first kappa shape index (κ1) is 13.2. The fourth-order valence-electron chi connectivity index (χ4n) is 1.77. The minimum Gasteiger partial charge on any atom is -0.476 e. The molecule has 19 heavy (non-hydrogen) atoms. The van der Waals surface area contributed by atoms with Gasteiger partial charge in [-0.05, 0) is 25.1 Å². The number of hydrogen-bond donors (Lipinski definition) is 2. The third-order valence-corrected chi connectivity index (χ3v) is 2.78. The lowest BCUT2D eigenvalue weighted by molar-refractivity contribution is 0.329. The Morgan fingerprint density at radius 2 is 2.21 bits per heavy atom. The van der Waals surface area contributed by atoms with Gasteiger partial charge in [0.05, 0.1) is 12.3 Å². The Morgan fingerprint density at radius 3 is 2.89 bits per heavy atom. The van der Waals surface area contributed by atoms with Crippen LogP contribution in [0.1, 0.15) is 12.6 Å². The summed E-state index contributed by atoms with van der Waals surface area (Å²) in [5.41, 5.74) is 7.50. The number of nitrogens with two attached hydrogens (primary N) is 1. The van der Waals surface area contributed by atoms with Crippen molar-refractivity contribution in [1.82, 2.24) is 14.8 Å². The minimum atomic E-state index is 0.480. The van der Waals surface area contributed by atoms with Gasteiger partial charge in [-0.2, -0.15) is 10.1 Å². The summed E-state index contributed by atoms with van der Waals surface area (Å²) >= 11 is 0. The van der Waals surface area contributed by atoms with E-state index in [-0.39, 0.29) is 0 Å². The highest BCUT2D eigenvalue weighted by Gasteiger charge is 2.04. The topological polar surface area (TPSA) is 78.0 Å². The Hall–Kier alpha value is -2.24. The van der Waals surface area contributed by atoms with Crippen molar-refractivity contribution in [2.45, 2.75) is 13.3 Å². The van der Waals surface area contributed by atoms with Gasteiger partial charge >= 0.3 is 0 Å². The average Bonchev–Trinajstić information content (AvgIpc) is 2.79. The van der Waals surface area contributed by atoms with Crippen LogP contribution in [-0.2, 0) is 13.5 Å². The molecular weight excluding hydrogens is 242 g/mol. The van der Waals surface area contributed by atoms with Gasteiger partial charge in [-0.3, -0.25) is 4.68 Å². The Balaban J connectivity index is 1.92. The number of nitrogens with zero attached hydrogens (tertiary/aromatic N) is 3. The molecule has 102 valence electrons. The summed E-state index contributed by atoms with van der Waals surface area (Å²) in [5, 5.41) is 7.38. The van der Waals surface area contributed by atoms with Crippen molar-refractivity contribution < 1.29 is 4.74 Å². The minimum absolute atomic E-state index is 0.480. The van der Waals surface area contributed by atoms with Gasteiger partial charge in [0.15, 0.2) is 0 Å². The van der Waals surface area contributed by atoms with Crippen LogP contribution in [0.15, 0.2) is 24.4 Å². The van der Waals surface area contributed by atoms with Crippen LogP contribution in [0.5, 0.6) is 5.88 Å². The van der Waals surface area contributed by atoms with E-state index in [4.69, 9.17) is 10.5 Å². The molecule has 0 aliphatic rings. The van der Waals surface area contributed by atoms with Crippen LogP contribution in [0.2, 0.25) is 0 Å². The molecular formula is C13H19N5O. The molecule has 0 atom stereocenters. The molecule has 0 spiro atoms. The summed E-state index contributed by atoms with van der Waals surface area (Å²) in [7, 11) is 1.93. The predicted octanol–water partition coefficient (Wildman–Crippen LogP) is 1.45. The number of nitrogens with one attached hydrogen (secondary N) is 1. The molecule has 0 aromatic carbocycles. The molecule has 6 heteroatoms. The molecule has 0 bridgehead atoms. The zero-order valence-corrected chi connectivity index (χ0v) is 11.3. The number of aromatic nitrogens is 3. The maximum Gasteiger partial charge on any atom is 0.239 e. The third-order valence-electron chi connectivity index (χ3n) is 2.78. The van der Waals surface area contributed by atoms with Gasteiger partial charge in [0.25, 0.3) is 0 Å². The number of ether oxygens (including phenoxy) is 1. The van der Waals surface area contributed by atoms with E-state index >= 15 is 0 Å². The first-order valence-corrected chi connectivity index (χ1v) is 6.30. The predicted molar refractivity (Wildman–Crippen MR) is 75.2 cm³/mol. The molecule has 2 heterocycles. The van der Waals surface area contributed by atoms with Gasteiger partial charge in [-0.25, -0.2) is 0 Å². The third kappa shape index (κ3) is 3.37. The summed E-state index contributed by atoms with van der Waals surface area (Å²) in [6.07, 6.45) is 2.68. The lowest BCUT2D eigenvalue weighted by Crippen LogP contribution is -2.10. The second-order valence-electron chi connectivity index (χ2n) is 4.15. The average molecular weight is 261 g/mol. The molecule has 0 aliphatic heterocycles. The second-order valence-corrected chi connectivity index (χ2v) is 4.15. The van der Waals surface area contributed by atoms with Gasteiger partial charge in [0, 0.05) is 31.9 Å². The molecule has 2 rings (SSSR count). The number of rotatable bonds is 6. The summed E-state index contributed by atoms with van der Waals surface area (Å²) in [6.45, 7) is 3.24. The van der Waals surface area contributed by atoms with Crippen LogP contribution in [0.3, 0.4) is 0 Å². The maximum absolute atomic E-state index is 5.77. The summed E-state index contributed by atoms with van der Waals surface area (Å²) in [5.74, 6) is 1.24. The van der Waals surface area contributed by atoms with Crippen molar-refractivity contribution in [3.63, 3.8) is 0 Å². The van der Waals surface area contributed by atoms with Crippen molar-refractivity contribution in [3.8, 4) is 5.88 Å². The Kier molecular flexibility index (Phi) is 4.22. The van der Waals surface area contributed by atoms with Crippen LogP contribution in [0.25, 0.3) is 0 Å². The SMILES string of the molecule is CCOc1nc(NCCc2ccnn2C)ccc1N. The van der Waals surface area contributed by atoms with E-state index < -0.39 is 0 Å². The van der Waals surface area contributed by atoms with E-state index in [1.54, 1.807) is 12.3 Å². The highest BCUT2D eigenvalue weighted by Crippen LogP contribution is 2.20. The van der Waals surface area contributed by atoms with E-state index in [0.29, 0.717) is 18.2 Å². The molecule has 0 saturated carbocycles. The number of nitrogen functional groups attached to an aromatic ring is 1. The van der Waals surface area contributed by atoms with Crippen molar-refractivity contribution >= 4 is 11.5 Å². The first-order valence-electron chi connectivity index (χ1n) is 6.30. The van der Waals surface area contributed by atoms with Gasteiger partial charge in [0.1, 0.15) is 5.82 Å². The van der Waals surface area contributed by atoms with Gasteiger partial charge in [-0.1, -0.05) is 0 Å². The molecule has 0 saturated heterocycles. The highest BCUT2D eigenvalue weighted by molar-refractivity contribution is 5.53. The maximum atomic E-state index is 5.77. The number of pyridine rings is 1. The van der Waals surface area contributed by atoms with Crippen LogP contribution in [-0.4, -0.2) is 27.9 Å². The summed E-state index contributed by atoms with van der Waals surface area (Å²) in [6, 6.07) is 5.65. The smallest absolute Gasteiger partial charge is 0.239 e. The molecule has 0 radical (unpaired) electrons. The molecule has 2 aromatic rings. The van der Waals surface area contributed by atoms with E-state index in [0.717, 1.165) is 18.8 Å². The van der Waals surface area contributed by atoms with Crippen LogP contribution in [0, 0.1) is 0 Å². The van der Waals surface area contributed by atoms with E-state index in [1.807, 2.05) is 30.8 Å². The summed E-state index contributed by atoms with van der Waals surface area (Å²) < 4.78 is 7.22. The fourth-order valence-corrected chi connectivity index (χ4v) is 1.77. The number of aryl methyl sites for hydroxylation is 1. The van der Waals surface area contributed by atoms with Crippen molar-refractivity contribution in [2.24, 2.45) is 7.05 Å². The second kappa shape index (κ2) is 6.08. The zero-order chi connectivity index (χ0) is 13.7. The first-order chi connectivity index (χ1) is 9.20. The normalized spacial score (nSPS) is 10.4. The largest absolute Gasteiger partial charge is 0.476 e. The van der Waals surface area contributed by atoms with Gasteiger partial charge in [0.2, 0.25) is 5.88 Å². The molecule has 0 aliphatic carbocycles. The zero-order valence-electron chi connectivity index (χ0n) is 11.3. The number of anilines is 2. The highest BCUT2D eigenvalue weighted by atomic mass is 16.5. The van der Waals surface area contributed by atoms with Crippen LogP contribution < -0.4 is 15.8 Å². The lowest BCUT2D eigenvalue weighted by Gasteiger charge is -2.09. The van der Waals surface area contributed by atoms with Crippen molar-refractivity contribution in [2.75, 3.05) is 24.2 Å². The monoisotopic (exact) mass is 261 g/mol.